The van der Waals surface area contributed by atoms with Crippen molar-refractivity contribution in [1.29, 1.82) is 0 Å². The second-order valence-corrected chi connectivity index (χ2v) is 5.32. The minimum absolute atomic E-state index is 0.269. The molecule has 0 aliphatic carbocycles. The Bertz CT molecular complexity index is 441. The van der Waals surface area contributed by atoms with Crippen molar-refractivity contribution in [3.63, 3.8) is 0 Å². The van der Waals surface area contributed by atoms with Gasteiger partial charge in [-0.25, -0.2) is 4.79 Å². The van der Waals surface area contributed by atoms with E-state index in [0.29, 0.717) is 5.56 Å². The Morgan fingerprint density at radius 3 is 2.45 bits per heavy atom. The maximum atomic E-state index is 11.8. The molecule has 0 aliphatic heterocycles. The zero-order valence-electron chi connectivity index (χ0n) is 13.0. The van der Waals surface area contributed by atoms with Crippen LogP contribution in [0.2, 0.25) is 0 Å². The average molecular weight is 277 g/mol. The first-order valence-electron chi connectivity index (χ1n) is 7.58. The van der Waals surface area contributed by atoms with Crippen LogP contribution in [-0.2, 0) is 11.2 Å². The number of nitrogen functional groups attached to an aromatic ring is 1. The number of hydrogen-bond acceptors (Lipinski definition) is 3. The maximum absolute atomic E-state index is 11.8. The van der Waals surface area contributed by atoms with E-state index in [9.17, 15) is 4.79 Å². The molecule has 0 amide bonds. The molecule has 2 N–H and O–H groups in total. The van der Waals surface area contributed by atoms with Crippen LogP contribution in [0.5, 0.6) is 0 Å². The van der Waals surface area contributed by atoms with Crippen molar-refractivity contribution in [2.75, 3.05) is 12.8 Å². The minimum atomic E-state index is -0.269. The van der Waals surface area contributed by atoms with Gasteiger partial charge in [0.2, 0.25) is 0 Å². The van der Waals surface area contributed by atoms with Crippen LogP contribution < -0.4 is 5.73 Å². The third kappa shape index (κ3) is 4.55. The largest absolute Gasteiger partial charge is 0.465 e. The maximum Gasteiger partial charge on any atom is 0.338 e. The molecule has 1 aromatic rings. The van der Waals surface area contributed by atoms with Crippen LogP contribution in [0, 0.1) is 6.92 Å². The smallest absolute Gasteiger partial charge is 0.338 e. The van der Waals surface area contributed by atoms with Gasteiger partial charge in [0.25, 0.3) is 0 Å². The summed E-state index contributed by atoms with van der Waals surface area (Å²) in [7, 11) is 1.42. The van der Waals surface area contributed by atoms with Gasteiger partial charge in [-0.3, -0.25) is 0 Å². The molecule has 112 valence electrons. The summed E-state index contributed by atoms with van der Waals surface area (Å²) < 4.78 is 4.85. The van der Waals surface area contributed by atoms with Crippen molar-refractivity contribution in [3.05, 3.63) is 28.8 Å². The number of nitrogens with two attached hydrogens (primary N) is 1. The van der Waals surface area contributed by atoms with Crippen LogP contribution >= 0.6 is 0 Å². The van der Waals surface area contributed by atoms with Gasteiger partial charge < -0.3 is 10.5 Å². The van der Waals surface area contributed by atoms with Crippen molar-refractivity contribution in [1.82, 2.24) is 0 Å². The van der Waals surface area contributed by atoms with Crippen LogP contribution in [0.1, 0.15) is 66.9 Å². The second-order valence-electron chi connectivity index (χ2n) is 5.32. The van der Waals surface area contributed by atoms with Crippen LogP contribution in [0.3, 0.4) is 0 Å². The van der Waals surface area contributed by atoms with E-state index >= 15 is 0 Å². The zero-order valence-corrected chi connectivity index (χ0v) is 13.0. The van der Waals surface area contributed by atoms with Crippen LogP contribution in [0.15, 0.2) is 12.1 Å². The molecule has 0 atom stereocenters. The fourth-order valence-corrected chi connectivity index (χ4v) is 2.48. The number of esters is 1. The van der Waals surface area contributed by atoms with Crippen molar-refractivity contribution >= 4 is 11.7 Å². The predicted molar refractivity (Wildman–Crippen MR) is 84.0 cm³/mol. The number of carbonyl (C=O) groups excluding carboxylic acids is 1. The number of benzene rings is 1. The Morgan fingerprint density at radius 1 is 1.15 bits per heavy atom. The van der Waals surface area contributed by atoms with E-state index in [4.69, 9.17) is 10.5 Å². The zero-order chi connectivity index (χ0) is 15.0. The molecule has 20 heavy (non-hydrogen) atoms. The Balaban J connectivity index is 2.67. The van der Waals surface area contributed by atoms with Gasteiger partial charge in [0.1, 0.15) is 0 Å². The molecular weight excluding hydrogens is 250 g/mol. The van der Waals surface area contributed by atoms with Gasteiger partial charge in [0.05, 0.1) is 12.7 Å². The first-order chi connectivity index (χ1) is 9.61. The van der Waals surface area contributed by atoms with Gasteiger partial charge in [-0.15, -0.1) is 0 Å². The van der Waals surface area contributed by atoms with Gasteiger partial charge in [0.15, 0.2) is 0 Å². The molecule has 0 radical (unpaired) electrons. The average Bonchev–Trinajstić information content (AvgIpc) is 2.46. The lowest BCUT2D eigenvalue weighted by molar-refractivity contribution is 0.0599. The summed E-state index contributed by atoms with van der Waals surface area (Å²) in [6.07, 6.45) is 8.34. The molecular formula is C17H27NO2. The molecule has 0 heterocycles. The summed E-state index contributed by atoms with van der Waals surface area (Å²) in [6, 6.07) is 3.56. The summed E-state index contributed by atoms with van der Waals surface area (Å²) >= 11 is 0. The van der Waals surface area contributed by atoms with Crippen LogP contribution in [-0.4, -0.2) is 13.1 Å². The highest BCUT2D eigenvalue weighted by atomic mass is 16.5. The first-order valence-corrected chi connectivity index (χ1v) is 7.58. The molecule has 0 fully saturated rings. The summed E-state index contributed by atoms with van der Waals surface area (Å²) in [4.78, 5) is 11.8. The summed E-state index contributed by atoms with van der Waals surface area (Å²) in [5, 5.41) is 0. The van der Waals surface area contributed by atoms with E-state index in [2.05, 4.69) is 6.92 Å². The van der Waals surface area contributed by atoms with Gasteiger partial charge in [0, 0.05) is 5.69 Å². The fraction of sp³-hybridized carbons (Fsp3) is 0.588. The summed E-state index contributed by atoms with van der Waals surface area (Å²) in [5.74, 6) is -0.269. The third-order valence-electron chi connectivity index (χ3n) is 3.83. The number of carbonyl (C=O) groups is 1. The Kier molecular flexibility index (Phi) is 7.13. The van der Waals surface area contributed by atoms with E-state index in [1.54, 1.807) is 12.1 Å². The third-order valence-corrected chi connectivity index (χ3v) is 3.83. The van der Waals surface area contributed by atoms with Crippen LogP contribution in [0.4, 0.5) is 5.69 Å². The molecule has 0 unspecified atom stereocenters. The number of methoxy groups -OCH3 is 1. The molecule has 0 saturated carbocycles. The Labute approximate surface area is 122 Å². The van der Waals surface area contributed by atoms with Gasteiger partial charge in [-0.05, 0) is 43.0 Å². The van der Waals surface area contributed by atoms with E-state index < -0.39 is 0 Å². The highest BCUT2D eigenvalue weighted by molar-refractivity contribution is 5.92. The molecule has 3 heteroatoms. The van der Waals surface area contributed by atoms with Crippen molar-refractivity contribution in [3.8, 4) is 0 Å². The quantitative estimate of drug-likeness (QED) is 0.438. The predicted octanol–water partition coefficient (Wildman–Crippen LogP) is 4.27. The lowest BCUT2D eigenvalue weighted by atomic mass is 9.95. The number of unbranched alkanes of at least 4 members (excludes halogenated alkanes) is 5. The Hall–Kier alpha value is -1.51. The van der Waals surface area contributed by atoms with E-state index in [1.165, 1.54) is 39.2 Å². The fourth-order valence-electron chi connectivity index (χ4n) is 2.48. The topological polar surface area (TPSA) is 52.3 Å². The summed E-state index contributed by atoms with van der Waals surface area (Å²) in [5.41, 5.74) is 9.42. The minimum Gasteiger partial charge on any atom is -0.465 e. The first kappa shape index (κ1) is 16.5. The number of hydrogen-bond donors (Lipinski definition) is 1. The van der Waals surface area contributed by atoms with E-state index in [-0.39, 0.29) is 5.97 Å². The molecule has 0 bridgehead atoms. The number of ether oxygens (including phenoxy) is 1. The van der Waals surface area contributed by atoms with E-state index in [1.807, 2.05) is 6.92 Å². The Morgan fingerprint density at radius 2 is 1.80 bits per heavy atom. The van der Waals surface area contributed by atoms with E-state index in [0.717, 1.165) is 29.7 Å². The lowest BCUT2D eigenvalue weighted by Gasteiger charge is -2.13. The van der Waals surface area contributed by atoms with Crippen molar-refractivity contribution in [2.45, 2.75) is 58.8 Å². The molecule has 1 rings (SSSR count). The number of rotatable bonds is 8. The highest BCUT2D eigenvalue weighted by Crippen LogP contribution is 2.23. The summed E-state index contributed by atoms with van der Waals surface area (Å²) in [6.45, 7) is 4.20. The van der Waals surface area contributed by atoms with Gasteiger partial charge in [-0.2, -0.15) is 0 Å². The lowest BCUT2D eigenvalue weighted by Crippen LogP contribution is -2.09. The van der Waals surface area contributed by atoms with Crippen molar-refractivity contribution in [2.24, 2.45) is 0 Å². The standard InChI is InChI=1S/C17H27NO2/c1-4-5-6-7-8-9-10-14-13(2)16(18)12-11-15(14)17(19)20-3/h11-12H,4-10,18H2,1-3H3. The molecule has 1 aromatic carbocycles. The molecule has 3 nitrogen and oxygen atoms in total. The SMILES string of the molecule is CCCCCCCCc1c(C(=O)OC)ccc(N)c1C. The van der Waals surface area contributed by atoms with Gasteiger partial charge >= 0.3 is 5.97 Å². The molecule has 0 saturated heterocycles. The second kappa shape index (κ2) is 8.62. The number of anilines is 1. The van der Waals surface area contributed by atoms with Crippen LogP contribution in [0.25, 0.3) is 0 Å². The molecule has 0 aliphatic rings. The normalized spacial score (nSPS) is 10.6. The highest BCUT2D eigenvalue weighted by Gasteiger charge is 2.15. The van der Waals surface area contributed by atoms with Crippen molar-refractivity contribution < 1.29 is 9.53 Å². The molecule has 0 spiro atoms. The molecule has 0 aromatic heterocycles. The monoisotopic (exact) mass is 277 g/mol. The van der Waals surface area contributed by atoms with Gasteiger partial charge in [-0.1, -0.05) is 39.0 Å².